The zero-order valence-corrected chi connectivity index (χ0v) is 10.7. The van der Waals surface area contributed by atoms with E-state index in [0.29, 0.717) is 6.04 Å². The summed E-state index contributed by atoms with van der Waals surface area (Å²) in [4.78, 5) is 6.90. The molecule has 0 aliphatic carbocycles. The molecule has 2 heterocycles. The lowest BCUT2D eigenvalue weighted by Crippen LogP contribution is -2.24. The van der Waals surface area contributed by atoms with E-state index in [-0.39, 0.29) is 0 Å². The molecule has 2 rings (SSSR count). The van der Waals surface area contributed by atoms with Crippen LogP contribution < -0.4 is 10.6 Å². The third-order valence-corrected chi connectivity index (χ3v) is 3.05. The minimum atomic E-state index is 0.536. The molecule has 0 radical (unpaired) electrons. The van der Waals surface area contributed by atoms with Gasteiger partial charge in [0.15, 0.2) is 0 Å². The van der Waals surface area contributed by atoms with Crippen molar-refractivity contribution in [3.63, 3.8) is 0 Å². The predicted molar refractivity (Wildman–Crippen MR) is 72.5 cm³/mol. The summed E-state index contributed by atoms with van der Waals surface area (Å²) in [6.45, 7) is 5.41. The van der Waals surface area contributed by atoms with Gasteiger partial charge in [-0.05, 0) is 38.6 Å². The van der Waals surface area contributed by atoms with Gasteiger partial charge in [-0.25, -0.2) is 4.98 Å². The lowest BCUT2D eigenvalue weighted by molar-refractivity contribution is 0.414. The van der Waals surface area contributed by atoms with Crippen molar-refractivity contribution in [2.24, 2.45) is 0 Å². The average molecular weight is 234 g/mol. The molecule has 0 spiro atoms. The van der Waals surface area contributed by atoms with Crippen molar-refractivity contribution in [3.05, 3.63) is 18.2 Å². The summed E-state index contributed by atoms with van der Waals surface area (Å²) >= 11 is 0. The highest BCUT2D eigenvalue weighted by molar-refractivity contribution is 5.45. The lowest BCUT2D eigenvalue weighted by Gasteiger charge is -2.14. The molecule has 0 saturated carbocycles. The number of anilines is 2. The molecule has 0 aromatic carbocycles. The maximum absolute atomic E-state index is 4.56. The van der Waals surface area contributed by atoms with Gasteiger partial charge in [-0.2, -0.15) is 0 Å². The van der Waals surface area contributed by atoms with Crippen LogP contribution in [0.25, 0.3) is 0 Å². The van der Waals surface area contributed by atoms with Crippen LogP contribution in [-0.4, -0.2) is 42.6 Å². The van der Waals surface area contributed by atoms with Crippen molar-refractivity contribution in [2.45, 2.75) is 25.8 Å². The standard InChI is InChI=1S/C13H22N4/c1-3-8-14-12-5-4-6-13(16-12)15-11-7-9-17(2)10-11/h4-6,11H,3,7-10H2,1-2H3,(H2,14,15,16). The van der Waals surface area contributed by atoms with E-state index >= 15 is 0 Å². The van der Waals surface area contributed by atoms with Crippen LogP contribution in [0.2, 0.25) is 0 Å². The van der Waals surface area contributed by atoms with Crippen LogP contribution in [0.5, 0.6) is 0 Å². The molecule has 1 aliphatic rings. The Morgan fingerprint density at radius 3 is 2.94 bits per heavy atom. The first-order valence-corrected chi connectivity index (χ1v) is 6.44. The van der Waals surface area contributed by atoms with Crippen molar-refractivity contribution < 1.29 is 0 Å². The highest BCUT2D eigenvalue weighted by atomic mass is 15.2. The minimum Gasteiger partial charge on any atom is -0.370 e. The second kappa shape index (κ2) is 5.87. The normalized spacial score (nSPS) is 20.5. The second-order valence-electron chi connectivity index (χ2n) is 4.73. The highest BCUT2D eigenvalue weighted by Gasteiger charge is 2.19. The van der Waals surface area contributed by atoms with Gasteiger partial charge in [-0.3, -0.25) is 0 Å². The first-order chi connectivity index (χ1) is 8.28. The SMILES string of the molecule is CCCNc1cccc(NC2CCN(C)C2)n1. The van der Waals surface area contributed by atoms with Crippen molar-refractivity contribution in [3.8, 4) is 0 Å². The van der Waals surface area contributed by atoms with Crippen LogP contribution >= 0.6 is 0 Å². The molecular weight excluding hydrogens is 212 g/mol. The van der Waals surface area contributed by atoms with E-state index in [9.17, 15) is 0 Å². The van der Waals surface area contributed by atoms with Crippen LogP contribution in [-0.2, 0) is 0 Å². The van der Waals surface area contributed by atoms with E-state index in [1.807, 2.05) is 18.2 Å². The molecule has 2 N–H and O–H groups in total. The van der Waals surface area contributed by atoms with Gasteiger partial charge < -0.3 is 15.5 Å². The average Bonchev–Trinajstić information content (AvgIpc) is 2.73. The van der Waals surface area contributed by atoms with Crippen molar-refractivity contribution >= 4 is 11.6 Å². The van der Waals surface area contributed by atoms with Gasteiger partial charge >= 0.3 is 0 Å². The third-order valence-electron chi connectivity index (χ3n) is 3.05. The van der Waals surface area contributed by atoms with E-state index < -0.39 is 0 Å². The Kier molecular flexibility index (Phi) is 4.20. The Morgan fingerprint density at radius 2 is 2.24 bits per heavy atom. The fraction of sp³-hybridized carbons (Fsp3) is 0.615. The van der Waals surface area contributed by atoms with E-state index in [1.165, 1.54) is 13.0 Å². The van der Waals surface area contributed by atoms with E-state index in [4.69, 9.17) is 0 Å². The number of nitrogens with one attached hydrogen (secondary N) is 2. The summed E-state index contributed by atoms with van der Waals surface area (Å²) in [6, 6.07) is 6.64. The van der Waals surface area contributed by atoms with Gasteiger partial charge in [-0.15, -0.1) is 0 Å². The highest BCUT2D eigenvalue weighted by Crippen LogP contribution is 2.14. The molecular formula is C13H22N4. The molecule has 1 unspecified atom stereocenters. The number of likely N-dealkylation sites (tertiary alicyclic amines) is 1. The van der Waals surface area contributed by atoms with Gasteiger partial charge in [0, 0.05) is 19.1 Å². The van der Waals surface area contributed by atoms with Gasteiger partial charge in [0.2, 0.25) is 0 Å². The van der Waals surface area contributed by atoms with Crippen molar-refractivity contribution in [1.29, 1.82) is 0 Å². The number of aromatic nitrogens is 1. The summed E-state index contributed by atoms with van der Waals surface area (Å²) in [5, 5.41) is 6.80. The van der Waals surface area contributed by atoms with E-state index in [0.717, 1.165) is 31.1 Å². The zero-order chi connectivity index (χ0) is 12.1. The molecule has 1 saturated heterocycles. The maximum Gasteiger partial charge on any atom is 0.128 e. The smallest absolute Gasteiger partial charge is 0.128 e. The molecule has 17 heavy (non-hydrogen) atoms. The van der Waals surface area contributed by atoms with Gasteiger partial charge in [0.1, 0.15) is 11.6 Å². The van der Waals surface area contributed by atoms with Crippen molar-refractivity contribution in [1.82, 2.24) is 9.88 Å². The molecule has 1 aromatic heterocycles. The summed E-state index contributed by atoms with van der Waals surface area (Å²) in [7, 11) is 2.16. The quantitative estimate of drug-likeness (QED) is 0.817. The summed E-state index contributed by atoms with van der Waals surface area (Å²) < 4.78 is 0. The summed E-state index contributed by atoms with van der Waals surface area (Å²) in [5.74, 6) is 1.94. The lowest BCUT2D eigenvalue weighted by atomic mass is 10.2. The third kappa shape index (κ3) is 3.60. The summed E-state index contributed by atoms with van der Waals surface area (Å²) in [6.07, 6.45) is 2.32. The molecule has 0 amide bonds. The molecule has 94 valence electrons. The van der Waals surface area contributed by atoms with Crippen LogP contribution in [0.3, 0.4) is 0 Å². The molecule has 1 atom stereocenters. The van der Waals surface area contributed by atoms with E-state index in [1.54, 1.807) is 0 Å². The Hall–Kier alpha value is -1.29. The number of hydrogen-bond donors (Lipinski definition) is 2. The molecule has 1 aliphatic heterocycles. The number of hydrogen-bond acceptors (Lipinski definition) is 4. The first-order valence-electron chi connectivity index (χ1n) is 6.44. The van der Waals surface area contributed by atoms with Gasteiger partial charge in [0.05, 0.1) is 0 Å². The summed E-state index contributed by atoms with van der Waals surface area (Å²) in [5.41, 5.74) is 0. The fourth-order valence-electron chi connectivity index (χ4n) is 2.13. The molecule has 1 aromatic rings. The molecule has 0 bridgehead atoms. The number of pyridine rings is 1. The largest absolute Gasteiger partial charge is 0.370 e. The number of nitrogens with zero attached hydrogens (tertiary/aromatic N) is 2. The molecule has 1 fully saturated rings. The Labute approximate surface area is 103 Å². The monoisotopic (exact) mass is 234 g/mol. The Balaban J connectivity index is 1.91. The maximum atomic E-state index is 4.56. The van der Waals surface area contributed by atoms with Crippen LogP contribution in [0.1, 0.15) is 19.8 Å². The van der Waals surface area contributed by atoms with Crippen LogP contribution in [0.15, 0.2) is 18.2 Å². The molecule has 4 nitrogen and oxygen atoms in total. The topological polar surface area (TPSA) is 40.2 Å². The second-order valence-corrected chi connectivity index (χ2v) is 4.73. The molecule has 4 heteroatoms. The van der Waals surface area contributed by atoms with E-state index in [2.05, 4.69) is 34.5 Å². The number of rotatable bonds is 5. The van der Waals surface area contributed by atoms with Crippen molar-refractivity contribution in [2.75, 3.05) is 37.3 Å². The van der Waals surface area contributed by atoms with Gasteiger partial charge in [-0.1, -0.05) is 13.0 Å². The number of likely N-dealkylation sites (N-methyl/N-ethyl adjacent to an activating group) is 1. The first kappa shape index (κ1) is 12.2. The van der Waals surface area contributed by atoms with Gasteiger partial charge in [0.25, 0.3) is 0 Å². The minimum absolute atomic E-state index is 0.536. The van der Waals surface area contributed by atoms with Crippen LogP contribution in [0.4, 0.5) is 11.6 Å². The Morgan fingerprint density at radius 1 is 1.41 bits per heavy atom. The fourth-order valence-corrected chi connectivity index (χ4v) is 2.13. The Bertz CT molecular complexity index is 353. The zero-order valence-electron chi connectivity index (χ0n) is 10.7. The van der Waals surface area contributed by atoms with Crippen LogP contribution in [0, 0.1) is 0 Å². The predicted octanol–water partition coefficient (Wildman–Crippen LogP) is 2.02.